The maximum Gasteiger partial charge on any atom is 0.241 e. The van der Waals surface area contributed by atoms with E-state index in [1.54, 1.807) is 18.3 Å². The highest BCUT2D eigenvalue weighted by Crippen LogP contribution is 2.37. The van der Waals surface area contributed by atoms with E-state index in [0.29, 0.717) is 17.3 Å². The van der Waals surface area contributed by atoms with E-state index >= 15 is 0 Å². The molecule has 6 heteroatoms. The van der Waals surface area contributed by atoms with Crippen molar-refractivity contribution in [1.29, 1.82) is 0 Å². The predicted molar refractivity (Wildman–Crippen MR) is 120 cm³/mol. The molecule has 4 rings (SSSR count). The average Bonchev–Trinajstić information content (AvgIpc) is 2.80. The molecule has 1 aliphatic heterocycles. The molecule has 0 saturated carbocycles. The lowest BCUT2D eigenvalue weighted by atomic mass is 9.97. The van der Waals surface area contributed by atoms with Gasteiger partial charge >= 0.3 is 0 Å². The molecule has 1 aliphatic rings. The number of carbonyl (C=O) groups excluding carboxylic acids is 1. The Hall–Kier alpha value is -3.38. The first-order valence-electron chi connectivity index (χ1n) is 10.5. The SMILES string of the molecule is CC(C)[C@@H](N)C(=O)Nc1ccc(Oc2ccc3c(c2)CCC(c2ccccc2)O3)nc1. The Bertz CT molecular complexity index is 1040. The summed E-state index contributed by atoms with van der Waals surface area (Å²) >= 11 is 0. The van der Waals surface area contributed by atoms with Crippen molar-refractivity contribution in [3.8, 4) is 17.4 Å². The monoisotopic (exact) mass is 417 g/mol. The molecule has 0 spiro atoms. The number of aromatic nitrogens is 1. The molecule has 0 radical (unpaired) electrons. The van der Waals surface area contributed by atoms with Crippen LogP contribution >= 0.6 is 0 Å². The Labute approximate surface area is 182 Å². The number of nitrogens with zero attached hydrogens (tertiary/aromatic N) is 1. The van der Waals surface area contributed by atoms with Gasteiger partial charge in [-0.3, -0.25) is 4.79 Å². The summed E-state index contributed by atoms with van der Waals surface area (Å²) in [5.74, 6) is 1.87. The summed E-state index contributed by atoms with van der Waals surface area (Å²) < 4.78 is 12.1. The number of amides is 1. The van der Waals surface area contributed by atoms with Gasteiger partial charge in [-0.2, -0.15) is 0 Å². The molecule has 1 unspecified atom stereocenters. The minimum atomic E-state index is -0.560. The zero-order valence-electron chi connectivity index (χ0n) is 17.7. The van der Waals surface area contributed by atoms with Crippen molar-refractivity contribution in [3.63, 3.8) is 0 Å². The number of carbonyl (C=O) groups is 1. The van der Waals surface area contributed by atoms with E-state index in [0.717, 1.165) is 24.2 Å². The van der Waals surface area contributed by atoms with Crippen molar-refractivity contribution in [2.45, 2.75) is 38.8 Å². The van der Waals surface area contributed by atoms with Crippen LogP contribution in [-0.4, -0.2) is 16.9 Å². The fourth-order valence-electron chi connectivity index (χ4n) is 3.49. The second-order valence-corrected chi connectivity index (χ2v) is 8.07. The van der Waals surface area contributed by atoms with Crippen LogP contribution in [0.25, 0.3) is 0 Å². The lowest BCUT2D eigenvalue weighted by Gasteiger charge is -2.26. The Kier molecular flexibility index (Phi) is 6.18. The number of hydrogen-bond donors (Lipinski definition) is 2. The van der Waals surface area contributed by atoms with Gasteiger partial charge in [0.1, 0.15) is 17.6 Å². The Balaban J connectivity index is 1.39. The molecule has 0 saturated heterocycles. The third-order valence-electron chi connectivity index (χ3n) is 5.40. The van der Waals surface area contributed by atoms with E-state index in [1.807, 2.05) is 50.2 Å². The summed E-state index contributed by atoms with van der Waals surface area (Å²) in [5, 5.41) is 2.77. The van der Waals surface area contributed by atoms with Crippen LogP contribution in [0.5, 0.6) is 17.4 Å². The molecule has 1 aromatic heterocycles. The Morgan fingerprint density at radius 2 is 1.97 bits per heavy atom. The summed E-state index contributed by atoms with van der Waals surface area (Å²) in [4.78, 5) is 16.4. The Morgan fingerprint density at radius 1 is 1.16 bits per heavy atom. The smallest absolute Gasteiger partial charge is 0.241 e. The third kappa shape index (κ3) is 5.03. The minimum Gasteiger partial charge on any atom is -0.485 e. The summed E-state index contributed by atoms with van der Waals surface area (Å²) in [7, 11) is 0. The van der Waals surface area contributed by atoms with Gasteiger partial charge in [0.15, 0.2) is 0 Å². The first-order valence-corrected chi connectivity index (χ1v) is 10.5. The van der Waals surface area contributed by atoms with E-state index in [2.05, 4.69) is 22.4 Å². The average molecular weight is 418 g/mol. The molecule has 0 bridgehead atoms. The highest BCUT2D eigenvalue weighted by Gasteiger charge is 2.22. The first-order chi connectivity index (χ1) is 15.0. The number of ether oxygens (including phenoxy) is 2. The maximum atomic E-state index is 12.1. The largest absolute Gasteiger partial charge is 0.485 e. The number of rotatable bonds is 6. The van der Waals surface area contributed by atoms with Gasteiger partial charge in [-0.15, -0.1) is 0 Å². The van der Waals surface area contributed by atoms with Gasteiger partial charge in [-0.05, 0) is 54.2 Å². The number of benzene rings is 2. The fourth-order valence-corrected chi connectivity index (χ4v) is 3.49. The number of fused-ring (bicyclic) bond motifs is 1. The summed E-state index contributed by atoms with van der Waals surface area (Å²) in [6.45, 7) is 3.82. The number of aryl methyl sites for hydroxylation is 1. The van der Waals surface area contributed by atoms with Gasteiger partial charge < -0.3 is 20.5 Å². The van der Waals surface area contributed by atoms with Crippen molar-refractivity contribution in [1.82, 2.24) is 4.98 Å². The quantitative estimate of drug-likeness (QED) is 0.598. The highest BCUT2D eigenvalue weighted by molar-refractivity contribution is 5.94. The zero-order chi connectivity index (χ0) is 21.8. The third-order valence-corrected chi connectivity index (χ3v) is 5.40. The van der Waals surface area contributed by atoms with E-state index < -0.39 is 6.04 Å². The van der Waals surface area contributed by atoms with E-state index in [9.17, 15) is 4.79 Å². The highest BCUT2D eigenvalue weighted by atomic mass is 16.5. The molecule has 2 atom stereocenters. The molecule has 1 amide bonds. The molecule has 3 aromatic rings. The van der Waals surface area contributed by atoms with Crippen LogP contribution in [0.15, 0.2) is 66.9 Å². The van der Waals surface area contributed by atoms with Crippen molar-refractivity contribution in [2.75, 3.05) is 5.32 Å². The fraction of sp³-hybridized carbons (Fsp3) is 0.280. The number of anilines is 1. The number of pyridine rings is 1. The van der Waals surface area contributed by atoms with Crippen molar-refractivity contribution >= 4 is 11.6 Å². The van der Waals surface area contributed by atoms with Crippen LogP contribution in [0.4, 0.5) is 5.69 Å². The van der Waals surface area contributed by atoms with Crippen LogP contribution in [0.3, 0.4) is 0 Å². The van der Waals surface area contributed by atoms with E-state index in [4.69, 9.17) is 15.2 Å². The number of nitrogens with two attached hydrogens (primary N) is 1. The number of hydrogen-bond acceptors (Lipinski definition) is 5. The molecule has 2 aromatic carbocycles. The summed E-state index contributed by atoms with van der Waals surface area (Å²) in [5.41, 5.74) is 8.77. The van der Waals surface area contributed by atoms with Gasteiger partial charge in [0, 0.05) is 6.07 Å². The van der Waals surface area contributed by atoms with E-state index in [-0.39, 0.29) is 17.9 Å². The maximum absolute atomic E-state index is 12.1. The van der Waals surface area contributed by atoms with Crippen LogP contribution in [0.1, 0.15) is 37.5 Å². The van der Waals surface area contributed by atoms with E-state index in [1.165, 1.54) is 5.56 Å². The lowest BCUT2D eigenvalue weighted by Crippen LogP contribution is -2.39. The molecule has 160 valence electrons. The van der Waals surface area contributed by atoms with Crippen molar-refractivity contribution in [2.24, 2.45) is 11.7 Å². The molecular formula is C25H27N3O3. The van der Waals surface area contributed by atoms with Gasteiger partial charge in [0.25, 0.3) is 0 Å². The van der Waals surface area contributed by atoms with Crippen LogP contribution in [-0.2, 0) is 11.2 Å². The standard InChI is InChI=1S/C25H27N3O3/c1-16(2)24(26)25(29)28-19-9-13-23(27-15-19)30-20-10-12-22-18(14-20)8-11-21(31-22)17-6-4-3-5-7-17/h3-7,9-10,12-16,21,24H,8,11,26H2,1-2H3,(H,28,29)/t21?,24-/m1/s1. The predicted octanol–water partition coefficient (Wildman–Crippen LogP) is 4.86. The first kappa shape index (κ1) is 20.9. The van der Waals surface area contributed by atoms with Gasteiger partial charge in [-0.25, -0.2) is 4.98 Å². The summed E-state index contributed by atoms with van der Waals surface area (Å²) in [6.07, 6.45) is 3.48. The van der Waals surface area contributed by atoms with Crippen LogP contribution in [0.2, 0.25) is 0 Å². The molecule has 6 nitrogen and oxygen atoms in total. The molecular weight excluding hydrogens is 390 g/mol. The lowest BCUT2D eigenvalue weighted by molar-refractivity contribution is -0.118. The molecule has 31 heavy (non-hydrogen) atoms. The molecule has 3 N–H and O–H groups in total. The minimum absolute atomic E-state index is 0.0616. The normalized spacial score (nSPS) is 16.2. The summed E-state index contributed by atoms with van der Waals surface area (Å²) in [6, 6.07) is 19.0. The van der Waals surface area contributed by atoms with Crippen LogP contribution < -0.4 is 20.5 Å². The molecule has 2 heterocycles. The second-order valence-electron chi connectivity index (χ2n) is 8.07. The van der Waals surface area contributed by atoms with Crippen LogP contribution in [0, 0.1) is 5.92 Å². The Morgan fingerprint density at radius 3 is 2.68 bits per heavy atom. The molecule has 0 aliphatic carbocycles. The van der Waals surface area contributed by atoms with Gasteiger partial charge in [-0.1, -0.05) is 44.2 Å². The molecule has 0 fully saturated rings. The van der Waals surface area contributed by atoms with Crippen molar-refractivity contribution < 1.29 is 14.3 Å². The van der Waals surface area contributed by atoms with Gasteiger partial charge in [0.05, 0.1) is 17.9 Å². The van der Waals surface area contributed by atoms with Gasteiger partial charge in [0.2, 0.25) is 11.8 Å². The topological polar surface area (TPSA) is 86.5 Å². The zero-order valence-corrected chi connectivity index (χ0v) is 17.7. The van der Waals surface area contributed by atoms with Crippen molar-refractivity contribution in [3.05, 3.63) is 78.0 Å². The number of nitrogens with one attached hydrogen (secondary N) is 1. The second kappa shape index (κ2) is 9.18.